The average Bonchev–Trinajstić information content (AvgIpc) is 3.16. The van der Waals surface area contributed by atoms with E-state index in [1.807, 2.05) is 43.3 Å². The minimum absolute atomic E-state index is 0.670. The molecule has 5 heteroatoms. The molecular weight excluding hydrogens is 376 g/mol. The van der Waals surface area contributed by atoms with Crippen molar-refractivity contribution in [3.8, 4) is 22.6 Å². The lowest BCUT2D eigenvalue weighted by molar-refractivity contribution is 0.414. The first-order valence-corrected chi connectivity index (χ1v) is 10.0. The SMILES string of the molecule is COc1cccc(CCNCc2ccc(OC)c(-c3ccc4oc(C)nc4c3)c2)c1. The van der Waals surface area contributed by atoms with Gasteiger partial charge < -0.3 is 19.2 Å². The van der Waals surface area contributed by atoms with Crippen LogP contribution in [0, 0.1) is 6.92 Å². The van der Waals surface area contributed by atoms with Gasteiger partial charge >= 0.3 is 0 Å². The molecule has 0 bridgehead atoms. The van der Waals surface area contributed by atoms with Crippen LogP contribution in [0.2, 0.25) is 0 Å². The van der Waals surface area contributed by atoms with E-state index >= 15 is 0 Å². The third-order valence-corrected chi connectivity index (χ3v) is 5.12. The van der Waals surface area contributed by atoms with Gasteiger partial charge in [-0.05, 0) is 66.1 Å². The van der Waals surface area contributed by atoms with Crippen LogP contribution in [0.1, 0.15) is 17.0 Å². The van der Waals surface area contributed by atoms with Gasteiger partial charge in [0, 0.05) is 19.0 Å². The topological polar surface area (TPSA) is 56.5 Å². The van der Waals surface area contributed by atoms with Crippen molar-refractivity contribution in [2.24, 2.45) is 0 Å². The number of fused-ring (bicyclic) bond motifs is 1. The fourth-order valence-corrected chi connectivity index (χ4v) is 3.59. The zero-order chi connectivity index (χ0) is 20.9. The van der Waals surface area contributed by atoms with Gasteiger partial charge in [0.25, 0.3) is 0 Å². The summed E-state index contributed by atoms with van der Waals surface area (Å²) >= 11 is 0. The van der Waals surface area contributed by atoms with Gasteiger partial charge in [0.1, 0.15) is 17.0 Å². The lowest BCUT2D eigenvalue weighted by atomic mass is 10.0. The summed E-state index contributed by atoms with van der Waals surface area (Å²) in [5.41, 5.74) is 6.22. The van der Waals surface area contributed by atoms with E-state index in [0.29, 0.717) is 5.89 Å². The van der Waals surface area contributed by atoms with E-state index in [-0.39, 0.29) is 0 Å². The molecule has 4 aromatic rings. The third kappa shape index (κ3) is 4.47. The largest absolute Gasteiger partial charge is 0.497 e. The first kappa shape index (κ1) is 20.0. The third-order valence-electron chi connectivity index (χ3n) is 5.12. The fourth-order valence-electron chi connectivity index (χ4n) is 3.59. The van der Waals surface area contributed by atoms with Crippen LogP contribution in [0.15, 0.2) is 65.1 Å². The molecule has 1 N–H and O–H groups in total. The second kappa shape index (κ2) is 9.01. The van der Waals surface area contributed by atoms with E-state index < -0.39 is 0 Å². The van der Waals surface area contributed by atoms with Gasteiger partial charge in [0.05, 0.1) is 14.2 Å². The molecule has 0 fully saturated rings. The Balaban J connectivity index is 1.46. The molecule has 0 aliphatic heterocycles. The predicted octanol–water partition coefficient (Wildman–Crippen LogP) is 5.15. The Morgan fingerprint density at radius 2 is 1.83 bits per heavy atom. The van der Waals surface area contributed by atoms with E-state index in [4.69, 9.17) is 13.9 Å². The van der Waals surface area contributed by atoms with Gasteiger partial charge in [-0.2, -0.15) is 0 Å². The highest BCUT2D eigenvalue weighted by atomic mass is 16.5. The maximum Gasteiger partial charge on any atom is 0.192 e. The smallest absolute Gasteiger partial charge is 0.192 e. The van der Waals surface area contributed by atoms with E-state index in [0.717, 1.165) is 53.2 Å². The quantitative estimate of drug-likeness (QED) is 0.413. The Bertz CT molecular complexity index is 1150. The number of nitrogens with zero attached hydrogens (tertiary/aromatic N) is 1. The number of rotatable bonds is 8. The number of hydrogen-bond donors (Lipinski definition) is 1. The van der Waals surface area contributed by atoms with E-state index in [9.17, 15) is 0 Å². The van der Waals surface area contributed by atoms with Crippen LogP contribution in [-0.4, -0.2) is 25.7 Å². The standard InChI is InChI=1S/C25H26N2O3/c1-17-27-23-15-20(8-10-25(23)30-17)22-14-19(7-9-24(22)29-3)16-26-12-11-18-5-4-6-21(13-18)28-2/h4-10,13-15,26H,11-12,16H2,1-3H3. The lowest BCUT2D eigenvalue weighted by Gasteiger charge is -2.12. The molecule has 0 saturated carbocycles. The molecule has 30 heavy (non-hydrogen) atoms. The maximum absolute atomic E-state index is 5.60. The minimum atomic E-state index is 0.670. The van der Waals surface area contributed by atoms with Crippen molar-refractivity contribution in [1.29, 1.82) is 0 Å². The van der Waals surface area contributed by atoms with Crippen LogP contribution in [0.4, 0.5) is 0 Å². The Hall–Kier alpha value is -3.31. The summed E-state index contributed by atoms with van der Waals surface area (Å²) in [5.74, 6) is 2.41. The van der Waals surface area contributed by atoms with Crippen molar-refractivity contribution in [1.82, 2.24) is 10.3 Å². The molecule has 0 spiro atoms. The van der Waals surface area contributed by atoms with Gasteiger partial charge in [0.2, 0.25) is 0 Å². The number of oxazole rings is 1. The second-order valence-electron chi connectivity index (χ2n) is 7.23. The van der Waals surface area contributed by atoms with E-state index in [2.05, 4.69) is 34.6 Å². The number of nitrogens with one attached hydrogen (secondary N) is 1. The Labute approximate surface area is 176 Å². The molecule has 4 rings (SSSR count). The van der Waals surface area contributed by atoms with Gasteiger partial charge in [0.15, 0.2) is 11.5 Å². The molecule has 0 radical (unpaired) electrons. The van der Waals surface area contributed by atoms with Gasteiger partial charge in [-0.1, -0.05) is 24.3 Å². The molecule has 0 amide bonds. The molecule has 3 aromatic carbocycles. The summed E-state index contributed by atoms with van der Waals surface area (Å²) in [5, 5.41) is 3.53. The van der Waals surface area contributed by atoms with Crippen LogP contribution in [0.25, 0.3) is 22.2 Å². The lowest BCUT2D eigenvalue weighted by Crippen LogP contribution is -2.16. The summed E-state index contributed by atoms with van der Waals surface area (Å²) < 4.78 is 16.5. The number of ether oxygens (including phenoxy) is 2. The number of aryl methyl sites for hydroxylation is 1. The van der Waals surface area contributed by atoms with Crippen LogP contribution < -0.4 is 14.8 Å². The average molecular weight is 402 g/mol. The molecule has 154 valence electrons. The molecule has 5 nitrogen and oxygen atoms in total. The van der Waals surface area contributed by atoms with Crippen molar-refractivity contribution >= 4 is 11.1 Å². The molecule has 1 aromatic heterocycles. The van der Waals surface area contributed by atoms with Gasteiger partial charge in [-0.3, -0.25) is 0 Å². The molecule has 0 aliphatic rings. The first-order valence-electron chi connectivity index (χ1n) is 10.0. The molecule has 1 heterocycles. The summed E-state index contributed by atoms with van der Waals surface area (Å²) in [6.45, 7) is 3.53. The van der Waals surface area contributed by atoms with Crippen LogP contribution in [0.3, 0.4) is 0 Å². The summed E-state index contributed by atoms with van der Waals surface area (Å²) in [4.78, 5) is 4.45. The van der Waals surface area contributed by atoms with Crippen LogP contribution in [0.5, 0.6) is 11.5 Å². The monoisotopic (exact) mass is 402 g/mol. The highest BCUT2D eigenvalue weighted by Crippen LogP contribution is 2.33. The molecular formula is C25H26N2O3. The van der Waals surface area contributed by atoms with Crippen molar-refractivity contribution in [3.63, 3.8) is 0 Å². The summed E-state index contributed by atoms with van der Waals surface area (Å²) in [6.07, 6.45) is 0.947. The highest BCUT2D eigenvalue weighted by molar-refractivity contribution is 5.82. The molecule has 0 aliphatic carbocycles. The fraction of sp³-hybridized carbons (Fsp3) is 0.240. The second-order valence-corrected chi connectivity index (χ2v) is 7.23. The highest BCUT2D eigenvalue weighted by Gasteiger charge is 2.10. The Kier molecular flexibility index (Phi) is 6.00. The van der Waals surface area contributed by atoms with E-state index in [1.54, 1.807) is 14.2 Å². The van der Waals surface area contributed by atoms with Crippen molar-refractivity contribution in [3.05, 3.63) is 77.7 Å². The minimum Gasteiger partial charge on any atom is -0.497 e. The molecule has 0 unspecified atom stereocenters. The van der Waals surface area contributed by atoms with Crippen LogP contribution in [-0.2, 0) is 13.0 Å². The zero-order valence-corrected chi connectivity index (χ0v) is 17.6. The summed E-state index contributed by atoms with van der Waals surface area (Å²) in [6, 6.07) is 20.5. The van der Waals surface area contributed by atoms with Crippen LogP contribution >= 0.6 is 0 Å². The van der Waals surface area contributed by atoms with Gasteiger partial charge in [-0.25, -0.2) is 4.98 Å². The van der Waals surface area contributed by atoms with Gasteiger partial charge in [-0.15, -0.1) is 0 Å². The zero-order valence-electron chi connectivity index (χ0n) is 17.6. The summed E-state index contributed by atoms with van der Waals surface area (Å²) in [7, 11) is 3.39. The Morgan fingerprint density at radius 3 is 2.67 bits per heavy atom. The Morgan fingerprint density at radius 1 is 0.933 bits per heavy atom. The van der Waals surface area contributed by atoms with Crippen molar-refractivity contribution in [2.45, 2.75) is 19.9 Å². The predicted molar refractivity (Wildman–Crippen MR) is 119 cm³/mol. The first-order chi connectivity index (χ1) is 14.7. The molecule has 0 atom stereocenters. The number of methoxy groups -OCH3 is 2. The number of hydrogen-bond acceptors (Lipinski definition) is 5. The van der Waals surface area contributed by atoms with Crippen molar-refractivity contribution < 1.29 is 13.9 Å². The normalized spacial score (nSPS) is 11.0. The van der Waals surface area contributed by atoms with E-state index in [1.165, 1.54) is 11.1 Å². The maximum atomic E-state index is 5.60. The molecule has 0 saturated heterocycles. The number of benzene rings is 3. The van der Waals surface area contributed by atoms with Crippen molar-refractivity contribution in [2.75, 3.05) is 20.8 Å². The number of aromatic nitrogens is 1.